The lowest BCUT2D eigenvalue weighted by molar-refractivity contribution is -0.143. The summed E-state index contributed by atoms with van der Waals surface area (Å²) in [6.45, 7) is 2.65. The average Bonchev–Trinajstić information content (AvgIpc) is 2.36. The smallest absolute Gasteiger partial charge is 0.305 e. The van der Waals surface area contributed by atoms with E-state index in [0.29, 0.717) is 32.4 Å². The van der Waals surface area contributed by atoms with Crippen molar-refractivity contribution in [1.82, 2.24) is 10.3 Å². The minimum atomic E-state index is -0.223. The Balaban J connectivity index is 2.12. The van der Waals surface area contributed by atoms with Crippen LogP contribution in [0.2, 0.25) is 0 Å². The van der Waals surface area contributed by atoms with Crippen LogP contribution >= 0.6 is 0 Å². The van der Waals surface area contributed by atoms with Crippen molar-refractivity contribution in [3.8, 4) is 0 Å². The molecule has 0 atom stereocenters. The third-order valence-electron chi connectivity index (χ3n) is 2.27. The molecule has 5 nitrogen and oxygen atoms in total. The summed E-state index contributed by atoms with van der Waals surface area (Å²) in [6, 6.07) is 3.65. The molecule has 0 fully saturated rings. The second-order valence-corrected chi connectivity index (χ2v) is 3.80. The van der Waals surface area contributed by atoms with Crippen molar-refractivity contribution in [1.29, 1.82) is 0 Å². The standard InChI is InChI=1S/C13H18N2O3/c1-2-18-13(17)6-4-8-15-12(16)9-11-5-3-7-14-10-11/h3,5,7,10H,2,4,6,8-9H2,1H3,(H,15,16). The summed E-state index contributed by atoms with van der Waals surface area (Å²) < 4.78 is 4.78. The molecule has 1 heterocycles. The number of hydrogen-bond acceptors (Lipinski definition) is 4. The SMILES string of the molecule is CCOC(=O)CCCNC(=O)Cc1cccnc1. The van der Waals surface area contributed by atoms with Crippen LogP contribution in [0.4, 0.5) is 0 Å². The number of carbonyl (C=O) groups is 2. The number of ether oxygens (including phenoxy) is 1. The zero-order valence-electron chi connectivity index (χ0n) is 10.5. The van der Waals surface area contributed by atoms with Crippen LogP contribution in [0.25, 0.3) is 0 Å². The van der Waals surface area contributed by atoms with Gasteiger partial charge in [-0.2, -0.15) is 0 Å². The zero-order chi connectivity index (χ0) is 13.2. The Bertz CT molecular complexity index is 379. The molecule has 0 saturated heterocycles. The fourth-order valence-electron chi connectivity index (χ4n) is 1.44. The quantitative estimate of drug-likeness (QED) is 0.581. The van der Waals surface area contributed by atoms with Crippen molar-refractivity contribution in [2.45, 2.75) is 26.2 Å². The highest BCUT2D eigenvalue weighted by molar-refractivity contribution is 5.78. The summed E-state index contributed by atoms with van der Waals surface area (Å²) in [4.78, 5) is 26.5. The molecule has 0 aliphatic carbocycles. The van der Waals surface area contributed by atoms with E-state index >= 15 is 0 Å². The fourth-order valence-corrected chi connectivity index (χ4v) is 1.44. The largest absolute Gasteiger partial charge is 0.466 e. The van der Waals surface area contributed by atoms with E-state index in [-0.39, 0.29) is 11.9 Å². The van der Waals surface area contributed by atoms with E-state index < -0.39 is 0 Å². The number of pyridine rings is 1. The monoisotopic (exact) mass is 250 g/mol. The number of rotatable bonds is 7. The Hall–Kier alpha value is -1.91. The topological polar surface area (TPSA) is 68.3 Å². The molecule has 98 valence electrons. The number of carbonyl (C=O) groups excluding carboxylic acids is 2. The second-order valence-electron chi connectivity index (χ2n) is 3.80. The molecule has 1 amide bonds. The van der Waals surface area contributed by atoms with Crippen molar-refractivity contribution < 1.29 is 14.3 Å². The van der Waals surface area contributed by atoms with Gasteiger partial charge in [-0.1, -0.05) is 6.07 Å². The van der Waals surface area contributed by atoms with Crippen LogP contribution in [0.5, 0.6) is 0 Å². The van der Waals surface area contributed by atoms with Crippen LogP contribution in [0.15, 0.2) is 24.5 Å². The van der Waals surface area contributed by atoms with Crippen LogP contribution in [0.3, 0.4) is 0 Å². The molecule has 0 radical (unpaired) electrons. The van der Waals surface area contributed by atoms with Gasteiger partial charge in [0.25, 0.3) is 0 Å². The summed E-state index contributed by atoms with van der Waals surface area (Å²) in [6.07, 6.45) is 4.57. The number of aromatic nitrogens is 1. The first kappa shape index (κ1) is 14.2. The summed E-state index contributed by atoms with van der Waals surface area (Å²) in [7, 11) is 0. The van der Waals surface area contributed by atoms with Gasteiger partial charge in [-0.05, 0) is 25.0 Å². The molecule has 0 aliphatic heterocycles. The van der Waals surface area contributed by atoms with Crippen LogP contribution < -0.4 is 5.32 Å². The summed E-state index contributed by atoms with van der Waals surface area (Å²) in [5, 5.41) is 2.75. The number of hydrogen-bond donors (Lipinski definition) is 1. The number of esters is 1. The third-order valence-corrected chi connectivity index (χ3v) is 2.27. The maximum Gasteiger partial charge on any atom is 0.305 e. The van der Waals surface area contributed by atoms with E-state index in [1.807, 2.05) is 6.07 Å². The maximum absolute atomic E-state index is 11.5. The molecule has 0 spiro atoms. The molecule has 1 rings (SSSR count). The van der Waals surface area contributed by atoms with Crippen LogP contribution in [0.1, 0.15) is 25.3 Å². The molecule has 1 aromatic rings. The number of nitrogens with one attached hydrogen (secondary N) is 1. The van der Waals surface area contributed by atoms with Crippen LogP contribution in [-0.4, -0.2) is 30.0 Å². The first-order valence-corrected chi connectivity index (χ1v) is 6.03. The third kappa shape index (κ3) is 5.98. The Morgan fingerprint density at radius 2 is 2.28 bits per heavy atom. The molecule has 1 N–H and O–H groups in total. The second kappa shape index (κ2) is 8.22. The molecule has 1 aromatic heterocycles. The summed E-state index contributed by atoms with van der Waals surface area (Å²) in [5.74, 6) is -0.286. The molecule has 5 heteroatoms. The highest BCUT2D eigenvalue weighted by Crippen LogP contribution is 1.97. The van der Waals surface area contributed by atoms with Crippen LogP contribution in [0, 0.1) is 0 Å². The highest BCUT2D eigenvalue weighted by atomic mass is 16.5. The van der Waals surface area contributed by atoms with Crippen molar-refractivity contribution in [3.05, 3.63) is 30.1 Å². The van der Waals surface area contributed by atoms with Gasteiger partial charge in [0.2, 0.25) is 5.91 Å². The van der Waals surface area contributed by atoms with Gasteiger partial charge in [0.1, 0.15) is 0 Å². The van der Waals surface area contributed by atoms with E-state index in [0.717, 1.165) is 5.56 Å². The highest BCUT2D eigenvalue weighted by Gasteiger charge is 2.04. The van der Waals surface area contributed by atoms with Crippen molar-refractivity contribution in [2.75, 3.05) is 13.2 Å². The van der Waals surface area contributed by atoms with Gasteiger partial charge in [-0.3, -0.25) is 14.6 Å². The normalized spacial score (nSPS) is 9.83. The van der Waals surface area contributed by atoms with E-state index in [9.17, 15) is 9.59 Å². The number of nitrogens with zero attached hydrogens (tertiary/aromatic N) is 1. The molecular weight excluding hydrogens is 232 g/mol. The van der Waals surface area contributed by atoms with Gasteiger partial charge in [0.15, 0.2) is 0 Å². The Kier molecular flexibility index (Phi) is 6.46. The van der Waals surface area contributed by atoms with Crippen molar-refractivity contribution in [3.63, 3.8) is 0 Å². The van der Waals surface area contributed by atoms with Gasteiger partial charge in [0.05, 0.1) is 13.0 Å². The van der Waals surface area contributed by atoms with E-state index in [4.69, 9.17) is 4.74 Å². The van der Waals surface area contributed by atoms with Crippen molar-refractivity contribution >= 4 is 11.9 Å². The summed E-state index contributed by atoms with van der Waals surface area (Å²) in [5.41, 5.74) is 0.875. The lowest BCUT2D eigenvalue weighted by atomic mass is 10.2. The minimum Gasteiger partial charge on any atom is -0.466 e. The van der Waals surface area contributed by atoms with Gasteiger partial charge >= 0.3 is 5.97 Å². The molecule has 0 unspecified atom stereocenters. The lowest BCUT2D eigenvalue weighted by Gasteiger charge is -2.05. The van der Waals surface area contributed by atoms with Gasteiger partial charge in [0, 0.05) is 25.4 Å². The van der Waals surface area contributed by atoms with E-state index in [1.165, 1.54) is 0 Å². The summed E-state index contributed by atoms with van der Waals surface area (Å²) >= 11 is 0. The zero-order valence-corrected chi connectivity index (χ0v) is 10.5. The predicted molar refractivity (Wildman–Crippen MR) is 66.8 cm³/mol. The van der Waals surface area contributed by atoms with Gasteiger partial charge in [-0.25, -0.2) is 0 Å². The fraction of sp³-hybridized carbons (Fsp3) is 0.462. The van der Waals surface area contributed by atoms with Gasteiger partial charge < -0.3 is 10.1 Å². The molecule has 18 heavy (non-hydrogen) atoms. The molecule has 0 bridgehead atoms. The van der Waals surface area contributed by atoms with E-state index in [1.54, 1.807) is 25.4 Å². The number of amides is 1. The lowest BCUT2D eigenvalue weighted by Crippen LogP contribution is -2.26. The van der Waals surface area contributed by atoms with E-state index in [2.05, 4.69) is 10.3 Å². The average molecular weight is 250 g/mol. The first-order valence-electron chi connectivity index (χ1n) is 6.03. The Labute approximate surface area is 107 Å². The maximum atomic E-state index is 11.5. The Morgan fingerprint density at radius 1 is 1.44 bits per heavy atom. The molecule has 0 aromatic carbocycles. The van der Waals surface area contributed by atoms with Crippen LogP contribution in [-0.2, 0) is 20.7 Å². The Morgan fingerprint density at radius 3 is 2.94 bits per heavy atom. The molecule has 0 saturated carbocycles. The predicted octanol–water partition coefficient (Wildman–Crippen LogP) is 1.08. The minimum absolute atomic E-state index is 0.0631. The molecular formula is C13H18N2O3. The van der Waals surface area contributed by atoms with Gasteiger partial charge in [-0.15, -0.1) is 0 Å². The molecule has 0 aliphatic rings. The first-order chi connectivity index (χ1) is 8.72. The van der Waals surface area contributed by atoms with Crippen molar-refractivity contribution in [2.24, 2.45) is 0 Å².